The Morgan fingerprint density at radius 2 is 0.831 bits per heavy atom. The summed E-state index contributed by atoms with van der Waals surface area (Å²) in [4.78, 5) is 35.8. The van der Waals surface area contributed by atoms with Gasteiger partial charge >= 0.3 is 19.8 Å². The average molecular weight is 945 g/mol. The molecule has 0 aromatic rings. The number of phosphoric acid groups is 1. The zero-order valence-corrected chi connectivity index (χ0v) is 41.4. The predicted octanol–water partition coefficient (Wildman–Crippen LogP) is 11.0. The minimum absolute atomic E-state index is 0.0799. The van der Waals surface area contributed by atoms with Crippen molar-refractivity contribution < 1.29 is 63.1 Å². The maximum absolute atomic E-state index is 12.8. The lowest BCUT2D eigenvalue weighted by Crippen LogP contribution is -2.64. The summed E-state index contributed by atoms with van der Waals surface area (Å²) in [6, 6.07) is 0. The molecule has 1 aliphatic carbocycles. The Labute approximate surface area is 393 Å². The Balaban J connectivity index is 2.38. The smallest absolute Gasteiger partial charge is 0.462 e. The van der Waals surface area contributed by atoms with Gasteiger partial charge in [0.15, 0.2) is 6.10 Å². The van der Waals surface area contributed by atoms with Gasteiger partial charge in [0.05, 0.1) is 6.61 Å². The molecule has 14 heteroatoms. The van der Waals surface area contributed by atoms with E-state index in [9.17, 15) is 44.6 Å². The maximum Gasteiger partial charge on any atom is 0.472 e. The second-order valence-electron chi connectivity index (χ2n) is 18.0. The second-order valence-corrected chi connectivity index (χ2v) is 19.5. The van der Waals surface area contributed by atoms with E-state index in [0.717, 1.165) is 57.8 Å². The Morgan fingerprint density at radius 1 is 0.477 bits per heavy atom. The number of allylic oxidation sites excluding steroid dienone is 6. The molecule has 0 heterocycles. The largest absolute Gasteiger partial charge is 0.472 e. The van der Waals surface area contributed by atoms with E-state index >= 15 is 0 Å². The van der Waals surface area contributed by atoms with Crippen LogP contribution in [0.5, 0.6) is 0 Å². The van der Waals surface area contributed by atoms with Gasteiger partial charge in [0.1, 0.15) is 43.2 Å². The number of phosphoric ester groups is 1. The molecule has 13 nitrogen and oxygen atoms in total. The number of aliphatic hydroxyl groups is 5. The highest BCUT2D eigenvalue weighted by Crippen LogP contribution is 2.47. The van der Waals surface area contributed by atoms with E-state index in [1.165, 1.54) is 122 Å². The minimum Gasteiger partial charge on any atom is -0.462 e. The number of esters is 2. The molecule has 0 bridgehead atoms. The van der Waals surface area contributed by atoms with Gasteiger partial charge in [0.25, 0.3) is 0 Å². The summed E-state index contributed by atoms with van der Waals surface area (Å²) < 4.78 is 33.6. The second kappa shape index (κ2) is 41.1. The fourth-order valence-corrected chi connectivity index (χ4v) is 8.78. The molecule has 0 spiro atoms. The lowest BCUT2D eigenvalue weighted by atomic mass is 9.85. The molecule has 0 saturated heterocycles. The van der Waals surface area contributed by atoms with E-state index in [4.69, 9.17) is 18.5 Å². The van der Waals surface area contributed by atoms with Gasteiger partial charge in [-0.2, -0.15) is 0 Å². The normalized spacial score (nSPS) is 21.7. The third-order valence-corrected chi connectivity index (χ3v) is 13.0. The van der Waals surface area contributed by atoms with Crippen molar-refractivity contribution in [2.24, 2.45) is 0 Å². The highest BCUT2D eigenvalue weighted by molar-refractivity contribution is 7.47. The van der Waals surface area contributed by atoms with Crippen molar-refractivity contribution in [2.45, 2.75) is 262 Å². The quantitative estimate of drug-likeness (QED) is 0.0111. The van der Waals surface area contributed by atoms with E-state index in [0.29, 0.717) is 12.8 Å². The van der Waals surface area contributed by atoms with Crippen molar-refractivity contribution in [3.63, 3.8) is 0 Å². The van der Waals surface area contributed by atoms with Gasteiger partial charge in [-0.1, -0.05) is 179 Å². The summed E-state index contributed by atoms with van der Waals surface area (Å²) in [6.07, 6.45) is 34.8. The van der Waals surface area contributed by atoms with E-state index in [2.05, 4.69) is 50.3 Å². The molecule has 0 aliphatic heterocycles. The van der Waals surface area contributed by atoms with E-state index in [-0.39, 0.29) is 12.8 Å². The maximum atomic E-state index is 12.8. The molecule has 380 valence electrons. The zero-order chi connectivity index (χ0) is 47.8. The van der Waals surface area contributed by atoms with E-state index in [1.807, 2.05) is 0 Å². The van der Waals surface area contributed by atoms with Gasteiger partial charge < -0.3 is 39.9 Å². The molecule has 8 atom stereocenters. The SMILES string of the molecule is CCCCCC/C=C/C=C/CCCCCCCC(=O)O[C@@H](COC(=O)CCCCCCCCCCCCC/C=C/CCCCCCCC)COP(=O)(O)OC1C(O)C(O)C(O)[C@H](O)C1O. The topological polar surface area (TPSA) is 210 Å². The first-order chi connectivity index (χ1) is 31.4. The summed E-state index contributed by atoms with van der Waals surface area (Å²) in [7, 11) is -5.12. The number of aliphatic hydroxyl groups excluding tert-OH is 5. The number of hydrogen-bond acceptors (Lipinski definition) is 12. The van der Waals surface area contributed by atoms with Gasteiger partial charge in [0, 0.05) is 12.8 Å². The number of ether oxygens (including phenoxy) is 2. The van der Waals surface area contributed by atoms with Crippen LogP contribution in [0, 0.1) is 0 Å². The lowest BCUT2D eigenvalue weighted by molar-refractivity contribution is -0.220. The summed E-state index contributed by atoms with van der Waals surface area (Å²) in [5.74, 6) is -1.11. The van der Waals surface area contributed by atoms with Gasteiger partial charge in [0.2, 0.25) is 0 Å². The van der Waals surface area contributed by atoms with Crippen LogP contribution in [0.1, 0.15) is 219 Å². The number of carbonyl (C=O) groups is 2. The fourth-order valence-electron chi connectivity index (χ4n) is 7.80. The van der Waals surface area contributed by atoms with Crippen LogP contribution in [-0.4, -0.2) is 98.3 Å². The van der Waals surface area contributed by atoms with Crippen molar-refractivity contribution in [1.82, 2.24) is 0 Å². The van der Waals surface area contributed by atoms with Gasteiger partial charge in [-0.05, 0) is 64.2 Å². The Kier molecular flexibility index (Phi) is 38.6. The van der Waals surface area contributed by atoms with Crippen molar-refractivity contribution >= 4 is 19.8 Å². The van der Waals surface area contributed by atoms with E-state index < -0.39 is 75.7 Å². The monoisotopic (exact) mass is 945 g/mol. The Hall–Kier alpha value is -1.93. The molecule has 0 aromatic heterocycles. The Morgan fingerprint density at radius 3 is 1.28 bits per heavy atom. The standard InChI is InChI=1S/C51H93O13P/c1-3-5-7-9-11-13-15-17-19-20-21-22-23-24-26-27-29-31-33-35-37-39-44(52)61-41-43(42-62-65(59,60)64-51-49(57)47(55)46(54)48(56)50(51)58)63-45(53)40-38-36-34-32-30-28-25-18-16-14-12-10-8-6-4-2/h14,16-19,25,43,46-51,54-58H,3-13,15,20-24,26-42H2,1-2H3,(H,59,60)/b16-14+,19-17+,25-18+/t43-,46?,47-,48?,49?,50?,51?/m0/s1. The third kappa shape index (κ3) is 33.3. The highest BCUT2D eigenvalue weighted by Gasteiger charge is 2.51. The van der Waals surface area contributed by atoms with E-state index in [1.54, 1.807) is 0 Å². The van der Waals surface area contributed by atoms with Crippen LogP contribution in [0.2, 0.25) is 0 Å². The van der Waals surface area contributed by atoms with Crippen LogP contribution in [0.25, 0.3) is 0 Å². The summed E-state index contributed by atoms with van der Waals surface area (Å²) >= 11 is 0. The molecule has 0 radical (unpaired) electrons. The third-order valence-electron chi connectivity index (χ3n) is 12.0. The summed E-state index contributed by atoms with van der Waals surface area (Å²) in [6.45, 7) is 3.28. The van der Waals surface area contributed by atoms with Crippen molar-refractivity contribution in [3.8, 4) is 0 Å². The predicted molar refractivity (Wildman–Crippen MR) is 258 cm³/mol. The molecule has 1 fully saturated rings. The molecule has 65 heavy (non-hydrogen) atoms. The molecular weight excluding hydrogens is 852 g/mol. The van der Waals surface area contributed by atoms with Gasteiger partial charge in [-0.15, -0.1) is 0 Å². The highest BCUT2D eigenvalue weighted by atomic mass is 31.2. The van der Waals surface area contributed by atoms with Crippen LogP contribution in [0.4, 0.5) is 0 Å². The molecule has 6 N–H and O–H groups in total. The summed E-state index contributed by atoms with van der Waals surface area (Å²) in [5, 5.41) is 50.2. The Bertz CT molecular complexity index is 1280. The van der Waals surface area contributed by atoms with Gasteiger partial charge in [-0.3, -0.25) is 18.6 Å². The fraction of sp³-hybridized carbons (Fsp3) is 0.843. The first kappa shape index (κ1) is 61.1. The van der Waals surface area contributed by atoms with Gasteiger partial charge in [-0.25, -0.2) is 4.57 Å². The minimum atomic E-state index is -5.12. The van der Waals surface area contributed by atoms with Crippen LogP contribution in [0.3, 0.4) is 0 Å². The number of hydrogen-bond donors (Lipinski definition) is 6. The number of rotatable bonds is 43. The molecular formula is C51H93O13P. The van der Waals surface area contributed by atoms with Crippen molar-refractivity contribution in [1.29, 1.82) is 0 Å². The molecule has 6 unspecified atom stereocenters. The first-order valence-corrected chi connectivity index (χ1v) is 27.3. The van der Waals surface area contributed by atoms with Crippen LogP contribution >= 0.6 is 7.82 Å². The number of unbranched alkanes of at least 4 members (excludes halogenated alkanes) is 26. The van der Waals surface area contributed by atoms with Crippen molar-refractivity contribution in [3.05, 3.63) is 36.5 Å². The first-order valence-electron chi connectivity index (χ1n) is 25.8. The average Bonchev–Trinajstić information content (AvgIpc) is 3.29. The zero-order valence-electron chi connectivity index (χ0n) is 40.5. The molecule has 0 amide bonds. The lowest BCUT2D eigenvalue weighted by Gasteiger charge is -2.41. The van der Waals surface area contributed by atoms with Crippen LogP contribution in [-0.2, 0) is 32.7 Å². The molecule has 1 saturated carbocycles. The van der Waals surface area contributed by atoms with Crippen LogP contribution < -0.4 is 0 Å². The molecule has 1 aliphatic rings. The van der Waals surface area contributed by atoms with Crippen LogP contribution in [0.15, 0.2) is 36.5 Å². The molecule has 1 rings (SSSR count). The number of carbonyl (C=O) groups excluding carboxylic acids is 2. The van der Waals surface area contributed by atoms with Crippen molar-refractivity contribution in [2.75, 3.05) is 13.2 Å². The molecule has 0 aromatic carbocycles. The summed E-state index contributed by atoms with van der Waals surface area (Å²) in [5.41, 5.74) is 0.